The van der Waals surface area contributed by atoms with Crippen LogP contribution in [0.1, 0.15) is 50.9 Å². The van der Waals surface area contributed by atoms with Crippen molar-refractivity contribution in [2.24, 2.45) is 0 Å². The number of hydrogen-bond donors (Lipinski definition) is 0. The van der Waals surface area contributed by atoms with Gasteiger partial charge in [-0.05, 0) is 64.5 Å². The first kappa shape index (κ1) is 25.9. The minimum atomic E-state index is -1.14. The summed E-state index contributed by atoms with van der Waals surface area (Å²) in [4.78, 5) is 30.4. The lowest BCUT2D eigenvalue weighted by atomic mass is 10.0. The first-order valence-electron chi connectivity index (χ1n) is 10.8. The second-order valence-corrected chi connectivity index (χ2v) is 8.57. The number of nitrogens with zero attached hydrogens (tertiary/aromatic N) is 2. The monoisotopic (exact) mass is 492 g/mol. The third kappa shape index (κ3) is 5.87. The van der Waals surface area contributed by atoms with Gasteiger partial charge in [0.2, 0.25) is 0 Å². The maximum absolute atomic E-state index is 14.8. The van der Waals surface area contributed by atoms with Crippen LogP contribution in [0.5, 0.6) is 0 Å². The van der Waals surface area contributed by atoms with Crippen LogP contribution in [0, 0.1) is 11.6 Å². The van der Waals surface area contributed by atoms with Crippen molar-refractivity contribution in [2.75, 3.05) is 11.5 Å². The number of benzene rings is 1. The molecule has 0 fully saturated rings. The van der Waals surface area contributed by atoms with Crippen molar-refractivity contribution in [2.45, 2.75) is 46.1 Å². The summed E-state index contributed by atoms with van der Waals surface area (Å²) in [6, 6.07) is 4.94. The molecule has 1 amide bonds. The molecule has 1 heterocycles. The number of ether oxygens (including phenoxy) is 2. The maximum Gasteiger partial charge on any atom is 0.420 e. The van der Waals surface area contributed by atoms with Gasteiger partial charge in [-0.2, -0.15) is 0 Å². The van der Waals surface area contributed by atoms with Crippen molar-refractivity contribution in [3.63, 3.8) is 0 Å². The summed E-state index contributed by atoms with van der Waals surface area (Å²) >= 11 is 0. The molecule has 0 spiro atoms. The number of aromatic nitrogens is 1. The Morgan fingerprint density at radius 3 is 2.40 bits per heavy atom. The SMILES string of the molecule is CCOC(=O)c1ccc(N(C(=O)OC(C)(C)C)C2=C(F)CCC=C2F)nc1-c1ccc(F)cc1F. The molecule has 0 unspecified atom stereocenters. The lowest BCUT2D eigenvalue weighted by Gasteiger charge is -2.29. The number of amides is 1. The Balaban J connectivity index is 2.26. The van der Waals surface area contributed by atoms with Crippen molar-refractivity contribution in [3.05, 3.63) is 71.0 Å². The average molecular weight is 492 g/mol. The largest absolute Gasteiger partial charge is 0.462 e. The van der Waals surface area contributed by atoms with Gasteiger partial charge in [-0.3, -0.25) is 0 Å². The van der Waals surface area contributed by atoms with E-state index in [1.54, 1.807) is 27.7 Å². The van der Waals surface area contributed by atoms with E-state index in [1.807, 2.05) is 0 Å². The van der Waals surface area contributed by atoms with Crippen LogP contribution in [-0.4, -0.2) is 29.3 Å². The van der Waals surface area contributed by atoms with Crippen LogP contribution < -0.4 is 4.90 Å². The van der Waals surface area contributed by atoms with Gasteiger partial charge in [-0.1, -0.05) is 0 Å². The number of rotatable bonds is 5. The van der Waals surface area contributed by atoms with Gasteiger partial charge < -0.3 is 9.47 Å². The molecule has 1 aromatic heterocycles. The number of allylic oxidation sites excluding steroid dienone is 3. The molecule has 0 radical (unpaired) electrons. The lowest BCUT2D eigenvalue weighted by molar-refractivity contribution is 0.0526. The van der Waals surface area contributed by atoms with E-state index in [0.29, 0.717) is 11.0 Å². The average Bonchev–Trinajstić information content (AvgIpc) is 2.75. The Kier molecular flexibility index (Phi) is 7.62. The van der Waals surface area contributed by atoms with Crippen molar-refractivity contribution >= 4 is 17.9 Å². The second-order valence-electron chi connectivity index (χ2n) is 8.57. The van der Waals surface area contributed by atoms with Gasteiger partial charge in [-0.25, -0.2) is 37.0 Å². The summed E-state index contributed by atoms with van der Waals surface area (Å²) in [5.74, 6) is -5.04. The Morgan fingerprint density at radius 2 is 1.80 bits per heavy atom. The van der Waals surface area contributed by atoms with Gasteiger partial charge in [0.05, 0.1) is 17.9 Å². The Morgan fingerprint density at radius 1 is 1.09 bits per heavy atom. The zero-order chi connectivity index (χ0) is 25.9. The molecule has 0 saturated carbocycles. The minimum absolute atomic E-state index is 0.00403. The van der Waals surface area contributed by atoms with Crippen LogP contribution in [0.3, 0.4) is 0 Å². The molecule has 35 heavy (non-hydrogen) atoms. The van der Waals surface area contributed by atoms with Crippen LogP contribution in [0.15, 0.2) is 53.8 Å². The summed E-state index contributed by atoms with van der Waals surface area (Å²) in [6.45, 7) is 6.27. The summed E-state index contributed by atoms with van der Waals surface area (Å²) in [5, 5.41) is 0. The van der Waals surface area contributed by atoms with Crippen molar-refractivity contribution in [1.82, 2.24) is 4.98 Å². The molecule has 2 aromatic rings. The van der Waals surface area contributed by atoms with E-state index in [0.717, 1.165) is 24.3 Å². The Bertz CT molecular complexity index is 1220. The smallest absolute Gasteiger partial charge is 0.420 e. The number of esters is 1. The van der Waals surface area contributed by atoms with E-state index >= 15 is 0 Å². The number of halogens is 4. The first-order valence-corrected chi connectivity index (χ1v) is 10.8. The van der Waals surface area contributed by atoms with Gasteiger partial charge >= 0.3 is 12.1 Å². The fourth-order valence-electron chi connectivity index (χ4n) is 3.34. The summed E-state index contributed by atoms with van der Waals surface area (Å²) in [6.07, 6.45) is -0.105. The van der Waals surface area contributed by atoms with Crippen molar-refractivity contribution in [1.29, 1.82) is 0 Å². The highest BCUT2D eigenvalue weighted by atomic mass is 19.1. The fraction of sp³-hybridized carbons (Fsp3) is 0.320. The number of carbonyl (C=O) groups is 2. The van der Waals surface area contributed by atoms with Crippen LogP contribution in [0.25, 0.3) is 11.3 Å². The first-order chi connectivity index (χ1) is 16.4. The van der Waals surface area contributed by atoms with Crippen molar-refractivity contribution in [3.8, 4) is 11.3 Å². The Labute approximate surface area is 199 Å². The zero-order valence-electron chi connectivity index (χ0n) is 19.6. The molecule has 0 bridgehead atoms. The van der Waals surface area contributed by atoms with Crippen LogP contribution >= 0.6 is 0 Å². The molecular formula is C25H24F4N2O4. The molecule has 0 saturated heterocycles. The number of carbonyl (C=O) groups excluding carboxylic acids is 2. The van der Waals surface area contributed by atoms with Crippen LogP contribution in [0.4, 0.5) is 28.2 Å². The quantitative estimate of drug-likeness (QED) is 0.340. The Hall–Kier alpha value is -3.69. The minimum Gasteiger partial charge on any atom is -0.462 e. The molecule has 6 nitrogen and oxygen atoms in total. The molecule has 1 aliphatic carbocycles. The topological polar surface area (TPSA) is 68.7 Å². The highest BCUT2D eigenvalue weighted by Gasteiger charge is 2.34. The zero-order valence-corrected chi connectivity index (χ0v) is 19.6. The molecule has 3 rings (SSSR count). The highest BCUT2D eigenvalue weighted by Crippen LogP contribution is 2.36. The predicted octanol–water partition coefficient (Wildman–Crippen LogP) is 6.77. The standard InChI is InChI=1S/C25H24F4N2O4/c1-5-34-23(32)16-11-12-20(30-21(16)15-10-9-14(26)13-19(15)29)31(24(33)35-25(2,3)4)22-17(27)7-6-8-18(22)28/h7,9-13H,5-6,8H2,1-4H3. The molecular weight excluding hydrogens is 468 g/mol. The van der Waals surface area contributed by atoms with Crippen LogP contribution in [0.2, 0.25) is 0 Å². The summed E-state index contributed by atoms with van der Waals surface area (Å²) in [5.41, 5.74) is -2.52. The molecule has 0 atom stereocenters. The molecule has 0 N–H and O–H groups in total. The number of pyridine rings is 1. The highest BCUT2D eigenvalue weighted by molar-refractivity contribution is 5.98. The van der Waals surface area contributed by atoms with E-state index in [4.69, 9.17) is 9.47 Å². The second kappa shape index (κ2) is 10.3. The summed E-state index contributed by atoms with van der Waals surface area (Å²) in [7, 11) is 0. The van der Waals surface area contributed by atoms with Gasteiger partial charge in [0, 0.05) is 18.1 Å². The third-order valence-corrected chi connectivity index (χ3v) is 4.76. The molecule has 186 valence electrons. The number of anilines is 1. The van der Waals surface area contributed by atoms with Gasteiger partial charge in [0.15, 0.2) is 0 Å². The molecule has 1 aromatic carbocycles. The maximum atomic E-state index is 14.8. The fourth-order valence-corrected chi connectivity index (χ4v) is 3.34. The lowest BCUT2D eigenvalue weighted by Crippen LogP contribution is -2.38. The van der Waals surface area contributed by atoms with E-state index in [2.05, 4.69) is 4.98 Å². The van der Waals surface area contributed by atoms with Gasteiger partial charge in [0.1, 0.15) is 40.4 Å². The molecule has 1 aliphatic rings. The van der Waals surface area contributed by atoms with Gasteiger partial charge in [-0.15, -0.1) is 0 Å². The van der Waals surface area contributed by atoms with E-state index in [1.165, 1.54) is 6.07 Å². The van der Waals surface area contributed by atoms with E-state index in [9.17, 15) is 27.2 Å². The van der Waals surface area contributed by atoms with Crippen molar-refractivity contribution < 1.29 is 36.6 Å². The van der Waals surface area contributed by atoms with Crippen LogP contribution in [-0.2, 0) is 9.47 Å². The predicted molar refractivity (Wildman–Crippen MR) is 121 cm³/mol. The van der Waals surface area contributed by atoms with Gasteiger partial charge in [0.25, 0.3) is 0 Å². The third-order valence-electron chi connectivity index (χ3n) is 4.76. The normalized spacial score (nSPS) is 13.9. The van der Waals surface area contributed by atoms with E-state index in [-0.39, 0.29) is 42.1 Å². The molecule has 0 aliphatic heterocycles. The summed E-state index contributed by atoms with van der Waals surface area (Å²) < 4.78 is 68.1. The molecule has 10 heteroatoms. The van der Waals surface area contributed by atoms with E-state index < -0.39 is 46.6 Å². The number of hydrogen-bond acceptors (Lipinski definition) is 5.